The van der Waals surface area contributed by atoms with Crippen LogP contribution in [-0.4, -0.2) is 26.6 Å². The number of hydrogen-bond acceptors (Lipinski definition) is 5. The first-order valence-electron chi connectivity index (χ1n) is 7.73. The highest BCUT2D eigenvalue weighted by Gasteiger charge is 2.30. The molecule has 0 atom stereocenters. The topological polar surface area (TPSA) is 111 Å². The Morgan fingerprint density at radius 1 is 1.18 bits per heavy atom. The van der Waals surface area contributed by atoms with Crippen molar-refractivity contribution in [3.05, 3.63) is 59.7 Å². The van der Waals surface area contributed by atoms with Crippen molar-refractivity contribution in [2.45, 2.75) is 18.0 Å². The summed E-state index contributed by atoms with van der Waals surface area (Å²) in [6.07, 6.45) is -4.51. The summed E-state index contributed by atoms with van der Waals surface area (Å²) in [5, 5.41) is 8.84. The van der Waals surface area contributed by atoms with Crippen molar-refractivity contribution in [1.29, 1.82) is 0 Å². The molecule has 0 aliphatic heterocycles. The molecule has 2 rings (SSSR count). The maximum atomic E-state index is 12.6. The van der Waals surface area contributed by atoms with Crippen molar-refractivity contribution in [2.75, 3.05) is 6.61 Å². The van der Waals surface area contributed by atoms with Gasteiger partial charge in [0.2, 0.25) is 10.0 Å². The molecule has 2 aromatic rings. The number of benzene rings is 2. The van der Waals surface area contributed by atoms with Crippen LogP contribution in [0.15, 0.2) is 58.5 Å². The molecule has 11 heteroatoms. The number of hydrazone groups is 1. The van der Waals surface area contributed by atoms with Crippen molar-refractivity contribution in [2.24, 2.45) is 10.2 Å². The summed E-state index contributed by atoms with van der Waals surface area (Å²) in [5.41, 5.74) is 2.22. The largest absolute Gasteiger partial charge is 0.484 e. The minimum Gasteiger partial charge on any atom is -0.484 e. The number of nitrogens with zero attached hydrogens (tertiary/aromatic N) is 1. The van der Waals surface area contributed by atoms with E-state index in [2.05, 4.69) is 10.5 Å². The van der Waals surface area contributed by atoms with E-state index >= 15 is 0 Å². The molecule has 0 heterocycles. The van der Waals surface area contributed by atoms with Gasteiger partial charge in [0.1, 0.15) is 5.75 Å². The van der Waals surface area contributed by atoms with Gasteiger partial charge in [-0.15, -0.1) is 0 Å². The van der Waals surface area contributed by atoms with Crippen LogP contribution >= 0.6 is 0 Å². The van der Waals surface area contributed by atoms with Gasteiger partial charge >= 0.3 is 6.18 Å². The fourth-order valence-electron chi connectivity index (χ4n) is 2.04. The van der Waals surface area contributed by atoms with Gasteiger partial charge < -0.3 is 4.74 Å². The van der Waals surface area contributed by atoms with Gasteiger partial charge in [0.15, 0.2) is 6.61 Å². The zero-order valence-electron chi connectivity index (χ0n) is 14.5. The number of nitrogens with two attached hydrogens (primary N) is 1. The first-order valence-corrected chi connectivity index (χ1v) is 9.28. The average Bonchev–Trinajstić information content (AvgIpc) is 2.63. The number of ether oxygens (including phenoxy) is 1. The van der Waals surface area contributed by atoms with Crippen LogP contribution in [0.3, 0.4) is 0 Å². The van der Waals surface area contributed by atoms with E-state index in [1.165, 1.54) is 36.4 Å². The Morgan fingerprint density at radius 3 is 2.39 bits per heavy atom. The Kier molecular flexibility index (Phi) is 6.41. The van der Waals surface area contributed by atoms with Crippen molar-refractivity contribution < 1.29 is 31.1 Å². The molecule has 2 aromatic carbocycles. The number of primary sulfonamides is 1. The summed E-state index contributed by atoms with van der Waals surface area (Å²) in [5.74, 6) is -0.790. The maximum absolute atomic E-state index is 12.6. The number of amides is 1. The van der Waals surface area contributed by atoms with E-state index in [0.29, 0.717) is 11.3 Å². The Hall–Kier alpha value is -2.92. The van der Waals surface area contributed by atoms with Crippen molar-refractivity contribution in [1.82, 2.24) is 5.43 Å². The molecule has 0 saturated carbocycles. The summed E-state index contributed by atoms with van der Waals surface area (Å²) < 4.78 is 65.4. The number of carbonyl (C=O) groups excluding carboxylic acids is 1. The van der Waals surface area contributed by atoms with Crippen LogP contribution < -0.4 is 15.3 Å². The summed E-state index contributed by atoms with van der Waals surface area (Å²) in [4.78, 5) is 11.7. The monoisotopic (exact) mass is 415 g/mol. The number of alkyl halides is 3. The van der Waals surface area contributed by atoms with E-state index in [-0.39, 0.29) is 10.6 Å². The van der Waals surface area contributed by atoms with Crippen LogP contribution in [0.25, 0.3) is 0 Å². The molecule has 0 fully saturated rings. The molecule has 1 amide bonds. The van der Waals surface area contributed by atoms with E-state index in [1.54, 1.807) is 6.92 Å². The van der Waals surface area contributed by atoms with Crippen LogP contribution in [0.5, 0.6) is 5.75 Å². The minimum atomic E-state index is -4.51. The first kappa shape index (κ1) is 21.4. The number of nitrogens with one attached hydrogen (secondary N) is 1. The van der Waals surface area contributed by atoms with E-state index in [1.807, 2.05) is 0 Å². The van der Waals surface area contributed by atoms with Gasteiger partial charge in [0.05, 0.1) is 16.2 Å². The van der Waals surface area contributed by atoms with Crippen LogP contribution in [0.1, 0.15) is 18.1 Å². The van der Waals surface area contributed by atoms with Gasteiger partial charge in [-0.3, -0.25) is 4.79 Å². The van der Waals surface area contributed by atoms with Crippen LogP contribution in [0.4, 0.5) is 13.2 Å². The predicted molar refractivity (Wildman–Crippen MR) is 95.1 cm³/mol. The Bertz CT molecular complexity index is 987. The second-order valence-electron chi connectivity index (χ2n) is 5.62. The standard InChI is InChI=1S/C17H16F3N3O4S/c1-11(12-5-7-15(8-6-12)28(21,25)26)22-23-16(24)10-27-14-4-2-3-13(9-14)17(18,19)20/h2-9H,10H2,1H3,(H,23,24)(H2,21,25,26)/b22-11+. The Balaban J connectivity index is 1.94. The number of hydrogen-bond donors (Lipinski definition) is 2. The van der Waals surface area contributed by atoms with Crippen molar-refractivity contribution >= 4 is 21.6 Å². The second-order valence-corrected chi connectivity index (χ2v) is 7.18. The maximum Gasteiger partial charge on any atom is 0.416 e. The van der Waals surface area contributed by atoms with E-state index in [0.717, 1.165) is 12.1 Å². The van der Waals surface area contributed by atoms with Gasteiger partial charge in [-0.1, -0.05) is 18.2 Å². The van der Waals surface area contributed by atoms with E-state index < -0.39 is 34.3 Å². The number of sulfonamides is 1. The fraction of sp³-hybridized carbons (Fsp3) is 0.176. The second kappa shape index (κ2) is 8.40. The molecule has 3 N–H and O–H groups in total. The molecule has 0 aliphatic carbocycles. The fourth-order valence-corrected chi connectivity index (χ4v) is 2.56. The van der Waals surface area contributed by atoms with E-state index in [9.17, 15) is 26.4 Å². The first-order chi connectivity index (χ1) is 13.0. The molecule has 0 bridgehead atoms. The zero-order valence-corrected chi connectivity index (χ0v) is 15.3. The SMILES string of the molecule is C/C(=N\NC(=O)COc1cccc(C(F)(F)F)c1)c1ccc(S(N)(=O)=O)cc1. The number of halogens is 3. The van der Waals surface area contributed by atoms with Crippen LogP contribution in [-0.2, 0) is 21.0 Å². The third kappa shape index (κ3) is 6.06. The van der Waals surface area contributed by atoms with Gasteiger partial charge in [0.25, 0.3) is 5.91 Å². The molecule has 0 saturated heterocycles. The molecule has 0 unspecified atom stereocenters. The average molecular weight is 415 g/mol. The van der Waals surface area contributed by atoms with Crippen LogP contribution in [0.2, 0.25) is 0 Å². The van der Waals surface area contributed by atoms with Gasteiger partial charge in [-0.2, -0.15) is 18.3 Å². The normalized spacial score (nSPS) is 12.5. The lowest BCUT2D eigenvalue weighted by Crippen LogP contribution is -2.25. The lowest BCUT2D eigenvalue weighted by molar-refractivity contribution is -0.137. The number of carbonyl (C=O) groups is 1. The molecular formula is C17H16F3N3O4S. The molecule has 28 heavy (non-hydrogen) atoms. The Labute approximate surface area is 159 Å². The highest BCUT2D eigenvalue weighted by molar-refractivity contribution is 7.89. The van der Waals surface area contributed by atoms with Gasteiger partial charge in [-0.25, -0.2) is 19.0 Å². The van der Waals surface area contributed by atoms with Gasteiger partial charge in [-0.05, 0) is 42.8 Å². The minimum absolute atomic E-state index is 0.0671. The van der Waals surface area contributed by atoms with Gasteiger partial charge in [0, 0.05) is 0 Å². The predicted octanol–water partition coefficient (Wildman–Crippen LogP) is 2.27. The highest BCUT2D eigenvalue weighted by Crippen LogP contribution is 2.31. The Morgan fingerprint density at radius 2 is 1.82 bits per heavy atom. The van der Waals surface area contributed by atoms with Crippen molar-refractivity contribution in [3.8, 4) is 5.75 Å². The molecule has 0 radical (unpaired) electrons. The molecule has 0 aliphatic rings. The summed E-state index contributed by atoms with van der Waals surface area (Å²) in [6.45, 7) is 1.03. The third-order valence-corrected chi connectivity index (χ3v) is 4.41. The summed E-state index contributed by atoms with van der Waals surface area (Å²) >= 11 is 0. The third-order valence-electron chi connectivity index (χ3n) is 3.48. The lowest BCUT2D eigenvalue weighted by atomic mass is 10.1. The van der Waals surface area contributed by atoms with Crippen LogP contribution in [0, 0.1) is 0 Å². The molecule has 7 nitrogen and oxygen atoms in total. The lowest BCUT2D eigenvalue weighted by Gasteiger charge is -2.09. The summed E-state index contributed by atoms with van der Waals surface area (Å²) in [7, 11) is -3.81. The smallest absolute Gasteiger partial charge is 0.416 e. The van der Waals surface area contributed by atoms with E-state index in [4.69, 9.17) is 9.88 Å². The molecule has 0 spiro atoms. The van der Waals surface area contributed by atoms with Crippen molar-refractivity contribution in [3.63, 3.8) is 0 Å². The zero-order chi connectivity index (χ0) is 20.9. The number of rotatable bonds is 6. The summed E-state index contributed by atoms with van der Waals surface area (Å²) in [6, 6.07) is 9.66. The highest BCUT2D eigenvalue weighted by atomic mass is 32.2. The molecular weight excluding hydrogens is 399 g/mol. The molecule has 0 aromatic heterocycles. The molecule has 150 valence electrons. The quantitative estimate of drug-likeness (QED) is 0.557.